The number of rotatable bonds is 8. The zero-order valence-corrected chi connectivity index (χ0v) is 12.6. The van der Waals surface area contributed by atoms with Crippen molar-refractivity contribution in [2.45, 2.75) is 46.0 Å². The van der Waals surface area contributed by atoms with Crippen LogP contribution in [-0.2, 0) is 23.2 Å². The Bertz CT molecular complexity index is 356. The van der Waals surface area contributed by atoms with Crippen molar-refractivity contribution in [1.29, 1.82) is 0 Å². The number of hydrogen-bond acceptors (Lipinski definition) is 5. The van der Waals surface area contributed by atoms with Crippen LogP contribution >= 0.6 is 7.60 Å². The van der Waals surface area contributed by atoms with Gasteiger partial charge >= 0.3 is 7.60 Å². The molecule has 1 aliphatic rings. The van der Waals surface area contributed by atoms with Crippen LogP contribution in [0.1, 0.15) is 46.0 Å². The van der Waals surface area contributed by atoms with Crippen LogP contribution < -0.4 is 0 Å². The summed E-state index contributed by atoms with van der Waals surface area (Å²) in [6, 6.07) is 0. The van der Waals surface area contributed by atoms with Crippen molar-refractivity contribution >= 4 is 19.2 Å². The minimum Gasteiger partial charge on any atom is -0.309 e. The Hall–Kier alpha value is -0.510. The second kappa shape index (κ2) is 7.93. The monoisotopic (exact) mass is 290 g/mol. The topological polar surface area (TPSA) is 69.7 Å². The first kappa shape index (κ1) is 16.5. The van der Waals surface area contributed by atoms with Crippen LogP contribution in [0.4, 0.5) is 0 Å². The third kappa shape index (κ3) is 5.55. The SMILES string of the molecule is CCOP(=O)(CC(=O)CC1CCCCC1=O)OCC. The van der Waals surface area contributed by atoms with Crippen molar-refractivity contribution in [1.82, 2.24) is 0 Å². The normalized spacial score (nSPS) is 20.5. The van der Waals surface area contributed by atoms with E-state index in [1.807, 2.05) is 0 Å². The van der Waals surface area contributed by atoms with Gasteiger partial charge in [-0.1, -0.05) is 6.42 Å². The molecule has 1 unspecified atom stereocenters. The summed E-state index contributed by atoms with van der Waals surface area (Å²) in [6.45, 7) is 3.90. The number of Topliss-reactive ketones (excluding diaryl/α,β-unsaturated/α-hetero) is 2. The van der Waals surface area contributed by atoms with Crippen molar-refractivity contribution in [3.8, 4) is 0 Å². The highest BCUT2D eigenvalue weighted by atomic mass is 31.2. The van der Waals surface area contributed by atoms with E-state index in [0.29, 0.717) is 6.42 Å². The van der Waals surface area contributed by atoms with Gasteiger partial charge in [0.1, 0.15) is 17.7 Å². The fourth-order valence-corrected chi connectivity index (χ4v) is 3.95. The molecule has 0 aromatic carbocycles. The third-order valence-electron chi connectivity index (χ3n) is 3.18. The maximum absolute atomic E-state index is 12.2. The van der Waals surface area contributed by atoms with E-state index in [-0.39, 0.29) is 43.3 Å². The van der Waals surface area contributed by atoms with Crippen LogP contribution in [0, 0.1) is 5.92 Å². The lowest BCUT2D eigenvalue weighted by atomic mass is 9.85. The molecule has 0 aromatic heterocycles. The van der Waals surface area contributed by atoms with Gasteiger partial charge in [0.25, 0.3) is 0 Å². The Balaban J connectivity index is 2.52. The second-order valence-electron chi connectivity index (χ2n) is 4.76. The lowest BCUT2D eigenvalue weighted by Crippen LogP contribution is -2.23. The molecule has 1 atom stereocenters. The minimum absolute atomic E-state index is 0.155. The van der Waals surface area contributed by atoms with Gasteiger partial charge in [-0.3, -0.25) is 14.2 Å². The first-order valence-electron chi connectivity index (χ1n) is 6.93. The summed E-state index contributed by atoms with van der Waals surface area (Å²) in [7, 11) is -3.32. The van der Waals surface area contributed by atoms with E-state index >= 15 is 0 Å². The third-order valence-corrected chi connectivity index (χ3v) is 5.22. The molecule has 5 nitrogen and oxygen atoms in total. The minimum atomic E-state index is -3.32. The largest absolute Gasteiger partial charge is 0.338 e. The van der Waals surface area contributed by atoms with Gasteiger partial charge in [0.2, 0.25) is 0 Å². The number of ketones is 2. The van der Waals surface area contributed by atoms with Gasteiger partial charge in [-0.05, 0) is 26.7 Å². The highest BCUT2D eigenvalue weighted by Crippen LogP contribution is 2.48. The second-order valence-corrected chi connectivity index (χ2v) is 6.81. The molecular formula is C13H23O5P. The van der Waals surface area contributed by atoms with E-state index in [4.69, 9.17) is 9.05 Å². The van der Waals surface area contributed by atoms with Crippen molar-refractivity contribution in [3.05, 3.63) is 0 Å². The molecule has 0 radical (unpaired) electrons. The number of hydrogen-bond donors (Lipinski definition) is 0. The summed E-state index contributed by atoms with van der Waals surface area (Å²) in [5.41, 5.74) is 0. The van der Waals surface area contributed by atoms with Crippen LogP contribution in [0.25, 0.3) is 0 Å². The zero-order chi connectivity index (χ0) is 14.3. The predicted octanol–water partition coefficient (Wildman–Crippen LogP) is 2.97. The molecule has 0 saturated heterocycles. The van der Waals surface area contributed by atoms with Gasteiger partial charge in [0.05, 0.1) is 13.2 Å². The summed E-state index contributed by atoms with van der Waals surface area (Å²) in [5.74, 6) is -0.245. The van der Waals surface area contributed by atoms with E-state index in [1.54, 1.807) is 13.8 Å². The molecule has 0 spiro atoms. The maximum atomic E-state index is 12.2. The predicted molar refractivity (Wildman–Crippen MR) is 72.3 cm³/mol. The molecule has 1 fully saturated rings. The van der Waals surface area contributed by atoms with Crippen molar-refractivity contribution in [3.63, 3.8) is 0 Å². The van der Waals surface area contributed by atoms with Crippen LogP contribution in [-0.4, -0.2) is 30.9 Å². The fourth-order valence-electron chi connectivity index (χ4n) is 2.35. The highest BCUT2D eigenvalue weighted by molar-refractivity contribution is 7.54. The Labute approximate surface area is 114 Å². The van der Waals surface area contributed by atoms with Gasteiger partial charge in [-0.15, -0.1) is 0 Å². The van der Waals surface area contributed by atoms with Gasteiger partial charge in [0.15, 0.2) is 0 Å². The average molecular weight is 290 g/mol. The van der Waals surface area contributed by atoms with Crippen molar-refractivity contribution < 1.29 is 23.2 Å². The molecule has 0 bridgehead atoms. The molecule has 0 amide bonds. The van der Waals surface area contributed by atoms with E-state index in [9.17, 15) is 14.2 Å². The Morgan fingerprint density at radius 1 is 1.26 bits per heavy atom. The van der Waals surface area contributed by atoms with Gasteiger partial charge in [-0.25, -0.2) is 0 Å². The molecule has 0 N–H and O–H groups in total. The quantitative estimate of drug-likeness (QED) is 0.643. The molecular weight excluding hydrogens is 267 g/mol. The van der Waals surface area contributed by atoms with Gasteiger partial charge in [-0.2, -0.15) is 0 Å². The lowest BCUT2D eigenvalue weighted by molar-refractivity contribution is -0.128. The average Bonchev–Trinajstić information content (AvgIpc) is 2.32. The Morgan fingerprint density at radius 3 is 2.42 bits per heavy atom. The van der Waals surface area contributed by atoms with Crippen molar-refractivity contribution in [2.75, 3.05) is 19.4 Å². The standard InChI is InChI=1S/C13H23O5P/c1-3-17-19(16,18-4-2)10-12(14)9-11-7-5-6-8-13(11)15/h11H,3-10H2,1-2H3. The number of carbonyl (C=O) groups is 2. The summed E-state index contributed by atoms with van der Waals surface area (Å²) >= 11 is 0. The molecule has 1 aliphatic carbocycles. The van der Waals surface area contributed by atoms with Crippen LogP contribution in [0.15, 0.2) is 0 Å². The molecule has 110 valence electrons. The molecule has 0 aliphatic heterocycles. The van der Waals surface area contributed by atoms with E-state index in [0.717, 1.165) is 19.3 Å². The van der Waals surface area contributed by atoms with Crippen LogP contribution in [0.3, 0.4) is 0 Å². The van der Waals surface area contributed by atoms with Gasteiger partial charge < -0.3 is 9.05 Å². The van der Waals surface area contributed by atoms with Crippen molar-refractivity contribution in [2.24, 2.45) is 5.92 Å². The number of carbonyl (C=O) groups excluding carboxylic acids is 2. The van der Waals surface area contributed by atoms with Gasteiger partial charge in [0, 0.05) is 18.8 Å². The Kier molecular flexibility index (Phi) is 6.90. The molecule has 6 heteroatoms. The molecule has 0 heterocycles. The highest BCUT2D eigenvalue weighted by Gasteiger charge is 2.31. The lowest BCUT2D eigenvalue weighted by Gasteiger charge is -2.21. The first-order chi connectivity index (χ1) is 9.00. The maximum Gasteiger partial charge on any atom is 0.338 e. The molecule has 1 saturated carbocycles. The van der Waals surface area contributed by atoms with Crippen LogP contribution in [0.2, 0.25) is 0 Å². The molecule has 0 aromatic rings. The zero-order valence-electron chi connectivity index (χ0n) is 11.7. The molecule has 19 heavy (non-hydrogen) atoms. The summed E-state index contributed by atoms with van der Waals surface area (Å²) in [6.07, 6.45) is 3.17. The van der Waals surface area contributed by atoms with Crippen LogP contribution in [0.5, 0.6) is 0 Å². The molecule has 1 rings (SSSR count). The summed E-state index contributed by atoms with van der Waals surface area (Å²) < 4.78 is 22.4. The van der Waals surface area contributed by atoms with E-state index < -0.39 is 7.60 Å². The van der Waals surface area contributed by atoms with E-state index in [1.165, 1.54) is 0 Å². The smallest absolute Gasteiger partial charge is 0.309 e. The van der Waals surface area contributed by atoms with E-state index in [2.05, 4.69) is 0 Å². The summed E-state index contributed by atoms with van der Waals surface area (Å²) in [5, 5.41) is 0. The first-order valence-corrected chi connectivity index (χ1v) is 8.66. The summed E-state index contributed by atoms with van der Waals surface area (Å²) in [4.78, 5) is 23.6. The fraction of sp³-hybridized carbons (Fsp3) is 0.846. The Morgan fingerprint density at radius 2 is 1.89 bits per heavy atom.